The van der Waals surface area contributed by atoms with Crippen LogP contribution in [0.1, 0.15) is 23.8 Å². The zero-order valence-electron chi connectivity index (χ0n) is 14.7. The van der Waals surface area contributed by atoms with Crippen LogP contribution in [0.2, 0.25) is 0 Å². The molecule has 1 aromatic heterocycles. The first-order valence-electron chi connectivity index (χ1n) is 8.43. The number of aromatic hydroxyl groups is 1. The van der Waals surface area contributed by atoms with E-state index in [1.807, 2.05) is 32.0 Å². The maximum absolute atomic E-state index is 12.3. The number of rotatable bonds is 6. The van der Waals surface area contributed by atoms with E-state index >= 15 is 0 Å². The largest absolute Gasteiger partial charge is 0.493 e. The van der Waals surface area contributed by atoms with Crippen molar-refractivity contribution in [2.75, 3.05) is 13.2 Å². The van der Waals surface area contributed by atoms with Crippen molar-refractivity contribution in [3.63, 3.8) is 0 Å². The van der Waals surface area contributed by atoms with Crippen LogP contribution in [0.3, 0.4) is 0 Å². The Morgan fingerprint density at radius 2 is 2.23 bits per heavy atom. The lowest BCUT2D eigenvalue weighted by molar-refractivity contribution is -0.114. The topological polar surface area (TPSA) is 63.8 Å². The third-order valence-electron chi connectivity index (χ3n) is 4.02. The molecule has 0 unspecified atom stereocenters. The first-order chi connectivity index (χ1) is 12.5. The summed E-state index contributed by atoms with van der Waals surface area (Å²) in [5.74, 6) is -0.233. The van der Waals surface area contributed by atoms with Gasteiger partial charge in [0.25, 0.3) is 5.91 Å². The number of nitrogens with zero attached hydrogens (tertiary/aromatic N) is 2. The third kappa shape index (κ3) is 4.00. The molecule has 0 aliphatic carbocycles. The predicted molar refractivity (Wildman–Crippen MR) is 105 cm³/mol. The Balaban J connectivity index is 1.93. The molecular formula is C19H20N2O3S2. The molecule has 26 heavy (non-hydrogen) atoms. The van der Waals surface area contributed by atoms with Gasteiger partial charge in [0.15, 0.2) is 3.95 Å². The molecule has 0 saturated carbocycles. The second-order valence-electron chi connectivity index (χ2n) is 5.98. The second-order valence-corrected chi connectivity index (χ2v) is 7.66. The molecule has 0 atom stereocenters. The third-order valence-corrected chi connectivity index (χ3v) is 5.40. The van der Waals surface area contributed by atoms with Crippen LogP contribution in [0.25, 0.3) is 12.2 Å². The number of aromatic nitrogens is 1. The zero-order chi connectivity index (χ0) is 18.7. The minimum atomic E-state index is -0.317. The number of carbonyl (C=O) groups excluding carboxylic acids is 1. The van der Waals surface area contributed by atoms with E-state index in [9.17, 15) is 9.90 Å². The summed E-state index contributed by atoms with van der Waals surface area (Å²) in [5, 5.41) is 12.1. The molecule has 136 valence electrons. The maximum Gasteiger partial charge on any atom is 0.277 e. The fourth-order valence-electron chi connectivity index (χ4n) is 2.71. The van der Waals surface area contributed by atoms with Gasteiger partial charge in [-0.1, -0.05) is 11.6 Å². The molecule has 1 aromatic carbocycles. The number of ether oxygens (including phenoxy) is 1. The van der Waals surface area contributed by atoms with Crippen LogP contribution in [0.15, 0.2) is 28.8 Å². The Labute approximate surface area is 160 Å². The van der Waals surface area contributed by atoms with Crippen molar-refractivity contribution in [3.8, 4) is 5.88 Å². The maximum atomic E-state index is 12.3. The van der Waals surface area contributed by atoms with E-state index < -0.39 is 0 Å². The van der Waals surface area contributed by atoms with Gasteiger partial charge in [0.2, 0.25) is 5.88 Å². The number of fused-ring (bicyclic) bond motifs is 1. The summed E-state index contributed by atoms with van der Waals surface area (Å²) in [5.41, 5.74) is 1.54. The molecule has 0 bridgehead atoms. The van der Waals surface area contributed by atoms with Crippen molar-refractivity contribution in [3.05, 3.63) is 48.7 Å². The van der Waals surface area contributed by atoms with Crippen molar-refractivity contribution >= 4 is 41.6 Å². The van der Waals surface area contributed by atoms with Gasteiger partial charge in [-0.25, -0.2) is 4.99 Å². The quantitative estimate of drug-likeness (QED) is 0.470. The van der Waals surface area contributed by atoms with E-state index in [-0.39, 0.29) is 11.8 Å². The fourth-order valence-corrected chi connectivity index (χ4v) is 4.02. The summed E-state index contributed by atoms with van der Waals surface area (Å²) >= 11 is 6.63. The molecule has 1 amide bonds. The number of hydrogen-bond acceptors (Lipinski definition) is 5. The molecule has 5 nitrogen and oxygen atoms in total. The Kier molecular flexibility index (Phi) is 5.80. The average Bonchev–Trinajstić information content (AvgIpc) is 2.87. The van der Waals surface area contributed by atoms with Gasteiger partial charge in [-0.15, -0.1) is 11.3 Å². The van der Waals surface area contributed by atoms with Gasteiger partial charge in [0.05, 0.1) is 10.2 Å². The highest BCUT2D eigenvalue weighted by Crippen LogP contribution is 2.29. The highest BCUT2D eigenvalue weighted by atomic mass is 32.1. The van der Waals surface area contributed by atoms with Crippen LogP contribution in [-0.4, -0.2) is 28.8 Å². The average molecular weight is 389 g/mol. The van der Waals surface area contributed by atoms with Crippen molar-refractivity contribution < 1.29 is 14.6 Å². The van der Waals surface area contributed by atoms with E-state index in [1.54, 1.807) is 16.7 Å². The molecule has 0 spiro atoms. The Morgan fingerprint density at radius 3 is 3.00 bits per heavy atom. The lowest BCUT2D eigenvalue weighted by Gasteiger charge is -2.06. The number of amides is 1. The van der Waals surface area contributed by atoms with Crippen LogP contribution in [-0.2, 0) is 16.1 Å². The van der Waals surface area contributed by atoms with Crippen LogP contribution >= 0.6 is 23.6 Å². The number of thiazole rings is 1. The Bertz CT molecular complexity index is 1050. The van der Waals surface area contributed by atoms with Gasteiger partial charge in [-0.2, -0.15) is 0 Å². The highest BCUT2D eigenvalue weighted by Gasteiger charge is 2.15. The van der Waals surface area contributed by atoms with Crippen LogP contribution in [0.4, 0.5) is 0 Å². The van der Waals surface area contributed by atoms with Crippen molar-refractivity contribution in [1.29, 1.82) is 0 Å². The van der Waals surface area contributed by atoms with E-state index in [1.165, 1.54) is 11.3 Å². The molecule has 3 rings (SSSR count). The summed E-state index contributed by atoms with van der Waals surface area (Å²) in [6.45, 7) is 5.80. The highest BCUT2D eigenvalue weighted by molar-refractivity contribution is 7.73. The Morgan fingerprint density at radius 1 is 1.42 bits per heavy atom. The predicted octanol–water partition coefficient (Wildman–Crippen LogP) is 2.74. The second kappa shape index (κ2) is 8.07. The van der Waals surface area contributed by atoms with Gasteiger partial charge >= 0.3 is 0 Å². The number of hydrogen-bond donors (Lipinski definition) is 1. The zero-order valence-corrected chi connectivity index (χ0v) is 16.3. The van der Waals surface area contributed by atoms with Crippen LogP contribution in [0.5, 0.6) is 5.88 Å². The van der Waals surface area contributed by atoms with Gasteiger partial charge in [0.1, 0.15) is 0 Å². The van der Waals surface area contributed by atoms with Gasteiger partial charge in [-0.3, -0.25) is 9.36 Å². The molecule has 2 aromatic rings. The van der Waals surface area contributed by atoms with E-state index in [4.69, 9.17) is 17.0 Å². The van der Waals surface area contributed by atoms with Crippen molar-refractivity contribution in [2.45, 2.75) is 26.8 Å². The van der Waals surface area contributed by atoms with Gasteiger partial charge < -0.3 is 9.84 Å². The van der Waals surface area contributed by atoms with Crippen LogP contribution < -0.4 is 10.6 Å². The molecule has 1 aliphatic rings. The normalized spacial score (nSPS) is 14.8. The molecule has 2 heterocycles. The van der Waals surface area contributed by atoms with Gasteiger partial charge in [-0.05, 0) is 56.8 Å². The summed E-state index contributed by atoms with van der Waals surface area (Å²) in [6, 6.07) is 5.75. The van der Waals surface area contributed by atoms with Crippen LogP contribution in [0, 0.1) is 10.9 Å². The lowest BCUT2D eigenvalue weighted by Crippen LogP contribution is -2.30. The molecule has 1 aliphatic heterocycles. The summed E-state index contributed by atoms with van der Waals surface area (Å²) in [7, 11) is 0. The lowest BCUT2D eigenvalue weighted by atomic mass is 10.1. The van der Waals surface area contributed by atoms with E-state index in [0.29, 0.717) is 39.5 Å². The monoisotopic (exact) mass is 388 g/mol. The molecule has 0 fully saturated rings. The van der Waals surface area contributed by atoms with E-state index in [2.05, 4.69) is 4.99 Å². The first-order valence-corrected chi connectivity index (χ1v) is 9.65. The summed E-state index contributed by atoms with van der Waals surface area (Å²) < 4.78 is 7.57. The molecule has 0 radical (unpaired) electrons. The molecule has 1 N–H and O–H groups in total. The smallest absolute Gasteiger partial charge is 0.277 e. The molecular weight excluding hydrogens is 368 g/mol. The standard InChI is InChI=1S/C19H20N2O3S2/c1-3-24-8-4-7-21-18(23)16(26-19(21)25)11-14-10-13-9-12(2)5-6-15(13)20-17(14)22/h5-6,9-11,23H,3-4,7-8H2,1-2H3/b14-11-. The minimum Gasteiger partial charge on any atom is -0.493 e. The Hall–Kier alpha value is -2.09. The summed E-state index contributed by atoms with van der Waals surface area (Å²) in [4.78, 5) is 17.0. The number of carbonyl (C=O) groups is 1. The van der Waals surface area contributed by atoms with Crippen molar-refractivity contribution in [1.82, 2.24) is 4.57 Å². The minimum absolute atomic E-state index is 0.0836. The number of aryl methyl sites for hydroxylation is 1. The fraction of sp³-hybridized carbons (Fsp3) is 0.316. The van der Waals surface area contributed by atoms with Gasteiger partial charge in [0, 0.05) is 30.6 Å². The molecule has 0 saturated heterocycles. The molecule has 7 heteroatoms. The first kappa shape index (κ1) is 18.7. The summed E-state index contributed by atoms with van der Waals surface area (Å²) in [6.07, 6.45) is 4.22. The van der Waals surface area contributed by atoms with E-state index in [0.717, 1.165) is 17.2 Å². The SMILES string of the molecule is CCOCCCn1c(O)c(/C=C2/C=c3cc(C)ccc3=NC2=O)sc1=S. The van der Waals surface area contributed by atoms with Crippen molar-refractivity contribution in [2.24, 2.45) is 4.99 Å². The number of benzene rings is 1.